The van der Waals surface area contributed by atoms with Gasteiger partial charge in [-0.3, -0.25) is 0 Å². The van der Waals surface area contributed by atoms with Crippen LogP contribution in [0.2, 0.25) is 0 Å². The van der Waals surface area contributed by atoms with Crippen LogP contribution < -0.4 is 10.6 Å². The zero-order chi connectivity index (χ0) is 21.6. The van der Waals surface area contributed by atoms with E-state index in [1.165, 1.54) is 0 Å². The van der Waals surface area contributed by atoms with E-state index >= 15 is 0 Å². The average molecular weight is 437 g/mol. The second kappa shape index (κ2) is 9.75. The third kappa shape index (κ3) is 6.06. The molecule has 0 spiro atoms. The molecular weight excluding hydrogens is 413 g/mol. The summed E-state index contributed by atoms with van der Waals surface area (Å²) in [6, 6.07) is 8.12. The fraction of sp³-hybridized carbons (Fsp3) is 0.350. The normalized spacial score (nSPS) is 12.2. The highest BCUT2D eigenvalue weighted by Gasteiger charge is 2.33. The molecule has 30 heavy (non-hydrogen) atoms. The Morgan fingerprint density at radius 1 is 1.23 bits per heavy atom. The van der Waals surface area contributed by atoms with Gasteiger partial charge in [-0.25, -0.2) is 15.0 Å². The molecule has 10 heteroatoms. The first-order valence-electron chi connectivity index (χ1n) is 9.44. The second-order valence-corrected chi connectivity index (χ2v) is 7.54. The minimum Gasteiger partial charge on any atom is -0.357 e. The Kier molecular flexibility index (Phi) is 7.09. The molecule has 0 radical (unpaired) electrons. The van der Waals surface area contributed by atoms with Crippen LogP contribution in [0.3, 0.4) is 0 Å². The van der Waals surface area contributed by atoms with Crippen LogP contribution in [0.25, 0.3) is 0 Å². The van der Waals surface area contributed by atoms with Crippen LogP contribution >= 0.6 is 11.3 Å². The van der Waals surface area contributed by atoms with Crippen molar-refractivity contribution in [1.29, 1.82) is 0 Å². The Morgan fingerprint density at radius 3 is 2.70 bits per heavy atom. The van der Waals surface area contributed by atoms with Crippen LogP contribution in [0.1, 0.15) is 34.6 Å². The van der Waals surface area contributed by atoms with Crippen molar-refractivity contribution in [2.75, 3.05) is 6.54 Å². The predicted molar refractivity (Wildman–Crippen MR) is 111 cm³/mol. The zero-order valence-corrected chi connectivity index (χ0v) is 17.5. The third-order valence-corrected chi connectivity index (χ3v) is 5.13. The highest BCUT2D eigenvalue weighted by Crippen LogP contribution is 2.29. The molecule has 0 aliphatic rings. The maximum atomic E-state index is 12.7. The van der Waals surface area contributed by atoms with Gasteiger partial charge in [-0.15, -0.1) is 11.3 Å². The van der Waals surface area contributed by atoms with E-state index in [4.69, 9.17) is 0 Å². The van der Waals surface area contributed by atoms with Gasteiger partial charge in [0.15, 0.2) is 11.7 Å². The largest absolute Gasteiger partial charge is 0.434 e. The van der Waals surface area contributed by atoms with Crippen LogP contribution in [0.4, 0.5) is 13.2 Å². The Labute approximate surface area is 176 Å². The summed E-state index contributed by atoms with van der Waals surface area (Å²) in [5.74, 6) is 1.48. The number of hydrogen-bond donors (Lipinski definition) is 2. The van der Waals surface area contributed by atoms with E-state index in [2.05, 4.69) is 42.3 Å². The highest BCUT2D eigenvalue weighted by molar-refractivity contribution is 7.09. The Bertz CT molecular complexity index is 992. The van der Waals surface area contributed by atoms with Crippen molar-refractivity contribution in [2.24, 2.45) is 4.99 Å². The van der Waals surface area contributed by atoms with Crippen LogP contribution in [0.5, 0.6) is 0 Å². The molecule has 0 aliphatic heterocycles. The first-order chi connectivity index (χ1) is 14.3. The molecule has 2 aromatic heterocycles. The van der Waals surface area contributed by atoms with Crippen molar-refractivity contribution >= 4 is 17.3 Å². The van der Waals surface area contributed by atoms with Crippen molar-refractivity contribution in [1.82, 2.24) is 25.2 Å². The van der Waals surface area contributed by atoms with E-state index < -0.39 is 11.9 Å². The summed E-state index contributed by atoms with van der Waals surface area (Å²) in [4.78, 5) is 12.4. The van der Waals surface area contributed by atoms with Gasteiger partial charge < -0.3 is 15.2 Å². The number of aryl methyl sites for hydroxylation is 1. The number of rotatable bonds is 7. The van der Waals surface area contributed by atoms with Crippen LogP contribution in [-0.4, -0.2) is 27.0 Å². The molecule has 0 fully saturated rings. The molecule has 0 saturated heterocycles. The first kappa shape index (κ1) is 21.8. The van der Waals surface area contributed by atoms with Crippen LogP contribution in [0.15, 0.2) is 47.0 Å². The summed E-state index contributed by atoms with van der Waals surface area (Å²) < 4.78 is 40.1. The summed E-state index contributed by atoms with van der Waals surface area (Å²) >= 11 is 0.972. The molecule has 3 aromatic rings. The number of imidazole rings is 1. The average Bonchev–Trinajstić information content (AvgIpc) is 3.34. The molecular formula is C20H23F3N6S. The monoisotopic (exact) mass is 436 g/mol. The van der Waals surface area contributed by atoms with Crippen LogP contribution in [0, 0.1) is 6.92 Å². The number of guanidine groups is 1. The molecule has 0 saturated carbocycles. The molecule has 2 N–H and O–H groups in total. The lowest BCUT2D eigenvalue weighted by atomic mass is 10.1. The van der Waals surface area contributed by atoms with Gasteiger partial charge in [0.2, 0.25) is 0 Å². The molecule has 0 aliphatic carbocycles. The zero-order valence-electron chi connectivity index (χ0n) is 16.7. The number of nitrogens with one attached hydrogen (secondary N) is 2. The molecule has 0 bridgehead atoms. The Hall–Kier alpha value is -2.88. The minimum absolute atomic E-state index is 0.173. The van der Waals surface area contributed by atoms with Crippen molar-refractivity contribution in [3.63, 3.8) is 0 Å². The van der Waals surface area contributed by atoms with Gasteiger partial charge in [0.05, 0.1) is 13.1 Å². The third-order valence-electron chi connectivity index (χ3n) is 4.28. The number of nitrogens with zero attached hydrogens (tertiary/aromatic N) is 4. The van der Waals surface area contributed by atoms with Crippen molar-refractivity contribution in [3.05, 3.63) is 69.7 Å². The quantitative estimate of drug-likeness (QED) is 0.435. The van der Waals surface area contributed by atoms with Crippen LogP contribution in [-0.2, 0) is 25.8 Å². The number of hydrogen-bond acceptors (Lipinski definition) is 4. The van der Waals surface area contributed by atoms with Gasteiger partial charge in [-0.1, -0.05) is 24.3 Å². The van der Waals surface area contributed by atoms with Crippen molar-refractivity contribution in [3.8, 4) is 0 Å². The lowest BCUT2D eigenvalue weighted by Gasteiger charge is -2.11. The van der Waals surface area contributed by atoms with Gasteiger partial charge >= 0.3 is 6.18 Å². The molecule has 1 aromatic carbocycles. The van der Waals surface area contributed by atoms with Crippen molar-refractivity contribution in [2.45, 2.75) is 39.7 Å². The SMILES string of the molecule is CCNC(=NCc1cccc(Cn2ccnc2C)c1)NCc1nc(C(F)(F)F)cs1. The van der Waals surface area contributed by atoms with Gasteiger partial charge in [0.1, 0.15) is 10.8 Å². The first-order valence-corrected chi connectivity index (χ1v) is 10.3. The molecule has 6 nitrogen and oxygen atoms in total. The lowest BCUT2D eigenvalue weighted by Crippen LogP contribution is -2.36. The summed E-state index contributed by atoms with van der Waals surface area (Å²) in [5, 5.41) is 7.51. The molecule has 2 heterocycles. The highest BCUT2D eigenvalue weighted by atomic mass is 32.1. The lowest BCUT2D eigenvalue weighted by molar-refractivity contribution is -0.140. The Balaban J connectivity index is 1.62. The fourth-order valence-corrected chi connectivity index (χ4v) is 3.53. The molecule has 0 amide bonds. The van der Waals surface area contributed by atoms with Gasteiger partial charge in [-0.05, 0) is 25.0 Å². The summed E-state index contributed by atoms with van der Waals surface area (Å²) in [6.45, 7) is 5.87. The summed E-state index contributed by atoms with van der Waals surface area (Å²) in [5.41, 5.74) is 1.32. The number of thiazole rings is 1. The van der Waals surface area contributed by atoms with E-state index in [0.29, 0.717) is 24.1 Å². The fourth-order valence-electron chi connectivity index (χ4n) is 2.79. The number of aliphatic imine (C=N–C) groups is 1. The summed E-state index contributed by atoms with van der Waals surface area (Å²) in [6.07, 6.45) is -0.707. The number of benzene rings is 1. The molecule has 160 valence electrons. The van der Waals surface area contributed by atoms with E-state index in [0.717, 1.165) is 40.2 Å². The predicted octanol–water partition coefficient (Wildman–Crippen LogP) is 3.97. The van der Waals surface area contributed by atoms with E-state index in [1.807, 2.05) is 32.2 Å². The van der Waals surface area contributed by atoms with Gasteiger partial charge in [0.25, 0.3) is 0 Å². The molecule has 0 atom stereocenters. The maximum absolute atomic E-state index is 12.7. The summed E-state index contributed by atoms with van der Waals surface area (Å²) in [7, 11) is 0. The second-order valence-electron chi connectivity index (χ2n) is 6.60. The van der Waals surface area contributed by atoms with E-state index in [9.17, 15) is 13.2 Å². The van der Waals surface area contributed by atoms with E-state index in [-0.39, 0.29) is 6.54 Å². The minimum atomic E-state index is -4.42. The number of halogens is 3. The maximum Gasteiger partial charge on any atom is 0.434 e. The Morgan fingerprint density at radius 2 is 2.03 bits per heavy atom. The number of aromatic nitrogens is 3. The topological polar surface area (TPSA) is 67.1 Å². The van der Waals surface area contributed by atoms with E-state index in [1.54, 1.807) is 6.20 Å². The molecule has 3 rings (SSSR count). The number of alkyl halides is 3. The molecule has 0 unspecified atom stereocenters. The van der Waals surface area contributed by atoms with Gasteiger partial charge in [-0.2, -0.15) is 13.2 Å². The standard InChI is InChI=1S/C20H23F3N6S/c1-3-24-19(27-11-18-28-17(13-30-18)20(21,22)23)26-10-15-5-4-6-16(9-15)12-29-8-7-25-14(29)2/h4-9,13H,3,10-12H2,1-2H3,(H2,24,26,27). The smallest absolute Gasteiger partial charge is 0.357 e. The van der Waals surface area contributed by atoms with Gasteiger partial charge in [0, 0.05) is 30.9 Å². The van der Waals surface area contributed by atoms with Crippen molar-refractivity contribution < 1.29 is 13.2 Å².